The van der Waals surface area contributed by atoms with E-state index >= 15 is 0 Å². The van der Waals surface area contributed by atoms with Crippen molar-refractivity contribution >= 4 is 17.6 Å². The summed E-state index contributed by atoms with van der Waals surface area (Å²) >= 11 is 0. The zero-order chi connectivity index (χ0) is 20.8. The second-order valence-electron chi connectivity index (χ2n) is 6.55. The molecule has 0 saturated carbocycles. The number of esters is 1. The number of hydrogen-bond acceptors (Lipinski definition) is 6. The van der Waals surface area contributed by atoms with E-state index in [0.717, 1.165) is 11.1 Å². The lowest BCUT2D eigenvalue weighted by Gasteiger charge is -2.09. The molecule has 3 rings (SSSR count). The maximum atomic E-state index is 13.0. The fraction of sp³-hybridized carbons (Fsp3) is 0.238. The quantitative estimate of drug-likeness (QED) is 0.612. The number of benzene rings is 2. The van der Waals surface area contributed by atoms with E-state index in [0.29, 0.717) is 17.1 Å². The third-order valence-electron chi connectivity index (χ3n) is 4.14. The van der Waals surface area contributed by atoms with Gasteiger partial charge in [-0.2, -0.15) is 4.98 Å². The summed E-state index contributed by atoms with van der Waals surface area (Å²) < 4.78 is 23.0. The van der Waals surface area contributed by atoms with Gasteiger partial charge in [-0.25, -0.2) is 4.39 Å². The molecule has 0 fully saturated rings. The standard InChI is InChI=1S/C21H20FN3O4/c1-13-3-4-14(2)17(11-13)23-18(26)12-28-20(27)10-9-19-24-21(25-29-19)15-5-7-16(22)8-6-15/h3-8,11H,9-10,12H2,1-2H3,(H,23,26). The first kappa shape index (κ1) is 20.2. The average Bonchev–Trinajstić information content (AvgIpc) is 3.17. The summed E-state index contributed by atoms with van der Waals surface area (Å²) in [7, 11) is 0. The molecule has 3 aromatic rings. The molecule has 2 aromatic carbocycles. The van der Waals surface area contributed by atoms with Crippen LogP contribution in [-0.2, 0) is 20.7 Å². The van der Waals surface area contributed by atoms with Gasteiger partial charge in [-0.1, -0.05) is 17.3 Å². The summed E-state index contributed by atoms with van der Waals surface area (Å²) in [5, 5.41) is 6.53. The van der Waals surface area contributed by atoms with Gasteiger partial charge in [-0.15, -0.1) is 0 Å². The van der Waals surface area contributed by atoms with Gasteiger partial charge in [0.05, 0.1) is 6.42 Å². The Labute approximate surface area is 166 Å². The molecule has 29 heavy (non-hydrogen) atoms. The Balaban J connectivity index is 1.45. The van der Waals surface area contributed by atoms with Crippen molar-refractivity contribution in [2.24, 2.45) is 0 Å². The number of anilines is 1. The van der Waals surface area contributed by atoms with E-state index in [1.807, 2.05) is 32.0 Å². The second-order valence-corrected chi connectivity index (χ2v) is 6.55. The Morgan fingerprint density at radius 3 is 2.66 bits per heavy atom. The average molecular weight is 397 g/mol. The molecule has 1 aromatic heterocycles. The largest absolute Gasteiger partial charge is 0.456 e. The van der Waals surface area contributed by atoms with Crippen molar-refractivity contribution in [1.29, 1.82) is 0 Å². The minimum absolute atomic E-state index is 0.0121. The summed E-state index contributed by atoms with van der Waals surface area (Å²) in [6.07, 6.45) is 0.160. The number of nitrogens with one attached hydrogen (secondary N) is 1. The van der Waals surface area contributed by atoms with Gasteiger partial charge >= 0.3 is 5.97 Å². The van der Waals surface area contributed by atoms with Gasteiger partial charge in [0.25, 0.3) is 5.91 Å². The number of aromatic nitrogens is 2. The Morgan fingerprint density at radius 2 is 1.90 bits per heavy atom. The monoisotopic (exact) mass is 397 g/mol. The van der Waals surface area contributed by atoms with Gasteiger partial charge in [-0.3, -0.25) is 9.59 Å². The molecule has 8 heteroatoms. The second kappa shape index (κ2) is 9.09. The first-order valence-corrected chi connectivity index (χ1v) is 9.02. The molecule has 0 aliphatic heterocycles. The molecule has 0 aliphatic carbocycles. The number of nitrogens with zero attached hydrogens (tertiary/aromatic N) is 2. The molecule has 0 spiro atoms. The summed E-state index contributed by atoms with van der Waals surface area (Å²) in [6, 6.07) is 11.4. The smallest absolute Gasteiger partial charge is 0.306 e. The van der Waals surface area contributed by atoms with Crippen LogP contribution in [0.15, 0.2) is 47.0 Å². The molecule has 0 atom stereocenters. The van der Waals surface area contributed by atoms with Crippen LogP contribution >= 0.6 is 0 Å². The Hall–Kier alpha value is -3.55. The van der Waals surface area contributed by atoms with E-state index in [1.165, 1.54) is 24.3 Å². The number of amides is 1. The maximum Gasteiger partial charge on any atom is 0.306 e. The Bertz CT molecular complexity index is 1020. The van der Waals surface area contributed by atoms with Crippen LogP contribution in [-0.4, -0.2) is 28.6 Å². The molecule has 1 amide bonds. The van der Waals surface area contributed by atoms with Crippen LogP contribution in [0.3, 0.4) is 0 Å². The molecule has 0 bridgehead atoms. The number of ether oxygens (including phenoxy) is 1. The van der Waals surface area contributed by atoms with Gasteiger partial charge in [0.15, 0.2) is 6.61 Å². The van der Waals surface area contributed by atoms with Crippen molar-refractivity contribution in [3.05, 3.63) is 65.3 Å². The van der Waals surface area contributed by atoms with E-state index < -0.39 is 11.9 Å². The van der Waals surface area contributed by atoms with E-state index in [2.05, 4.69) is 15.5 Å². The molecule has 0 saturated heterocycles. The number of carbonyl (C=O) groups excluding carboxylic acids is 2. The number of hydrogen-bond donors (Lipinski definition) is 1. The van der Waals surface area contributed by atoms with E-state index in [4.69, 9.17) is 9.26 Å². The van der Waals surface area contributed by atoms with Crippen LogP contribution in [0.4, 0.5) is 10.1 Å². The SMILES string of the molecule is Cc1ccc(C)c(NC(=O)COC(=O)CCc2nc(-c3ccc(F)cc3)no2)c1. The maximum absolute atomic E-state index is 13.0. The predicted molar refractivity (Wildman–Crippen MR) is 104 cm³/mol. The molecule has 0 unspecified atom stereocenters. The van der Waals surface area contributed by atoms with Crippen LogP contribution in [0.25, 0.3) is 11.4 Å². The van der Waals surface area contributed by atoms with Crippen molar-refractivity contribution in [3.8, 4) is 11.4 Å². The van der Waals surface area contributed by atoms with E-state index in [-0.39, 0.29) is 31.2 Å². The molecule has 1 heterocycles. The van der Waals surface area contributed by atoms with Crippen LogP contribution in [0, 0.1) is 19.7 Å². The van der Waals surface area contributed by atoms with Gasteiger partial charge in [0.2, 0.25) is 11.7 Å². The molecular formula is C21H20FN3O4. The molecule has 1 N–H and O–H groups in total. The zero-order valence-electron chi connectivity index (χ0n) is 16.1. The molecule has 0 aliphatic rings. The zero-order valence-corrected chi connectivity index (χ0v) is 16.1. The van der Waals surface area contributed by atoms with Crippen LogP contribution in [0.2, 0.25) is 0 Å². The number of carbonyl (C=O) groups is 2. The van der Waals surface area contributed by atoms with Gasteiger partial charge in [0, 0.05) is 17.7 Å². The van der Waals surface area contributed by atoms with Crippen LogP contribution in [0.1, 0.15) is 23.4 Å². The predicted octanol–water partition coefficient (Wildman–Crippen LogP) is 3.61. The molecule has 150 valence electrons. The normalized spacial score (nSPS) is 10.6. The van der Waals surface area contributed by atoms with Crippen LogP contribution in [0.5, 0.6) is 0 Å². The van der Waals surface area contributed by atoms with E-state index in [1.54, 1.807) is 0 Å². The summed E-state index contributed by atoms with van der Waals surface area (Å²) in [5.41, 5.74) is 3.23. The van der Waals surface area contributed by atoms with Gasteiger partial charge in [0.1, 0.15) is 5.82 Å². The van der Waals surface area contributed by atoms with E-state index in [9.17, 15) is 14.0 Å². The Morgan fingerprint density at radius 1 is 1.14 bits per heavy atom. The summed E-state index contributed by atoms with van der Waals surface area (Å²) in [6.45, 7) is 3.43. The summed E-state index contributed by atoms with van der Waals surface area (Å²) in [4.78, 5) is 28.0. The topological polar surface area (TPSA) is 94.3 Å². The molecule has 7 nitrogen and oxygen atoms in total. The highest BCUT2D eigenvalue weighted by Gasteiger charge is 2.13. The van der Waals surface area contributed by atoms with Crippen molar-refractivity contribution < 1.29 is 23.2 Å². The van der Waals surface area contributed by atoms with Crippen molar-refractivity contribution in [2.45, 2.75) is 26.7 Å². The number of aryl methyl sites for hydroxylation is 3. The highest BCUT2D eigenvalue weighted by Crippen LogP contribution is 2.17. The van der Waals surface area contributed by atoms with Gasteiger partial charge in [-0.05, 0) is 55.3 Å². The first-order valence-electron chi connectivity index (χ1n) is 9.02. The highest BCUT2D eigenvalue weighted by atomic mass is 19.1. The third-order valence-corrected chi connectivity index (χ3v) is 4.14. The lowest BCUT2D eigenvalue weighted by atomic mass is 10.1. The number of halogens is 1. The minimum Gasteiger partial charge on any atom is -0.456 e. The lowest BCUT2D eigenvalue weighted by molar-refractivity contribution is -0.147. The minimum atomic E-state index is -0.553. The van der Waals surface area contributed by atoms with Crippen molar-refractivity contribution in [1.82, 2.24) is 10.1 Å². The fourth-order valence-electron chi connectivity index (χ4n) is 2.56. The van der Waals surface area contributed by atoms with Crippen molar-refractivity contribution in [2.75, 3.05) is 11.9 Å². The van der Waals surface area contributed by atoms with Gasteiger partial charge < -0.3 is 14.6 Å². The Kier molecular flexibility index (Phi) is 6.33. The highest BCUT2D eigenvalue weighted by molar-refractivity contribution is 5.93. The lowest BCUT2D eigenvalue weighted by Crippen LogP contribution is -2.21. The fourth-order valence-corrected chi connectivity index (χ4v) is 2.56. The van der Waals surface area contributed by atoms with Crippen LogP contribution < -0.4 is 5.32 Å². The van der Waals surface area contributed by atoms with Crippen molar-refractivity contribution in [3.63, 3.8) is 0 Å². The molecule has 0 radical (unpaired) electrons. The third kappa shape index (κ3) is 5.71. The summed E-state index contributed by atoms with van der Waals surface area (Å²) in [5.74, 6) is -0.768. The first-order chi connectivity index (χ1) is 13.9. The number of rotatable bonds is 7. The molecular weight excluding hydrogens is 377 g/mol.